The first-order chi connectivity index (χ1) is 8.72. The van der Waals surface area contributed by atoms with E-state index in [0.29, 0.717) is 13.2 Å². The third-order valence-electron chi connectivity index (χ3n) is 3.32. The van der Waals surface area contributed by atoms with E-state index in [-0.39, 0.29) is 5.78 Å². The summed E-state index contributed by atoms with van der Waals surface area (Å²) in [6, 6.07) is 3.89. The fourth-order valence-electron chi connectivity index (χ4n) is 2.59. The van der Waals surface area contributed by atoms with Crippen LogP contribution < -0.4 is 0 Å². The van der Waals surface area contributed by atoms with Crippen molar-refractivity contribution in [2.75, 3.05) is 13.2 Å². The molecule has 2 aliphatic rings. The van der Waals surface area contributed by atoms with E-state index >= 15 is 0 Å². The maximum absolute atomic E-state index is 12.7. The standard InChI is InChI=1S/C13H10O3S2/c1-7-6-8-10(18-7)11-9(2-5-17-11)13(12(8)14)15-3-4-16-13/h2,5-6H,3-4H2,1H3. The van der Waals surface area contributed by atoms with Gasteiger partial charge in [-0.3, -0.25) is 4.79 Å². The van der Waals surface area contributed by atoms with E-state index in [4.69, 9.17) is 9.47 Å². The highest BCUT2D eigenvalue weighted by atomic mass is 32.1. The van der Waals surface area contributed by atoms with Gasteiger partial charge in [0.1, 0.15) is 0 Å². The second-order valence-electron chi connectivity index (χ2n) is 4.41. The molecule has 1 aliphatic carbocycles. The maximum atomic E-state index is 12.7. The lowest BCUT2D eigenvalue weighted by molar-refractivity contribution is -0.126. The van der Waals surface area contributed by atoms with Gasteiger partial charge < -0.3 is 9.47 Å². The van der Waals surface area contributed by atoms with Gasteiger partial charge in [0.2, 0.25) is 5.78 Å². The molecule has 0 saturated carbocycles. The van der Waals surface area contributed by atoms with Crippen LogP contribution >= 0.6 is 22.7 Å². The molecule has 1 fully saturated rings. The summed E-state index contributed by atoms with van der Waals surface area (Å²) in [6.07, 6.45) is 0. The predicted octanol–water partition coefficient (Wildman–Crippen LogP) is 3.18. The second-order valence-corrected chi connectivity index (χ2v) is 6.58. The quantitative estimate of drug-likeness (QED) is 0.742. The molecule has 92 valence electrons. The number of carbonyl (C=O) groups is 1. The first-order valence-corrected chi connectivity index (χ1v) is 7.43. The molecule has 0 atom stereocenters. The molecular weight excluding hydrogens is 268 g/mol. The normalized spacial score (nSPS) is 20.2. The molecule has 0 unspecified atom stereocenters. The summed E-state index contributed by atoms with van der Waals surface area (Å²) in [5.41, 5.74) is 1.62. The van der Waals surface area contributed by atoms with E-state index in [2.05, 4.69) is 0 Å². The molecule has 1 spiro atoms. The minimum atomic E-state index is -1.17. The number of thiophene rings is 2. The van der Waals surface area contributed by atoms with E-state index in [0.717, 1.165) is 25.8 Å². The molecule has 0 aromatic carbocycles. The van der Waals surface area contributed by atoms with Gasteiger partial charge in [-0.15, -0.1) is 22.7 Å². The molecule has 0 N–H and O–H groups in total. The van der Waals surface area contributed by atoms with Crippen molar-refractivity contribution in [1.82, 2.24) is 0 Å². The van der Waals surface area contributed by atoms with Gasteiger partial charge in [0, 0.05) is 16.0 Å². The molecule has 3 heterocycles. The van der Waals surface area contributed by atoms with E-state index < -0.39 is 5.79 Å². The fourth-order valence-corrected chi connectivity index (χ4v) is 4.71. The average molecular weight is 278 g/mol. The van der Waals surface area contributed by atoms with E-state index in [1.54, 1.807) is 22.7 Å². The first kappa shape index (κ1) is 10.9. The number of ether oxygens (including phenoxy) is 2. The number of Topliss-reactive ketones (excluding diaryl/α,β-unsaturated/α-hetero) is 1. The number of hydrogen-bond donors (Lipinski definition) is 0. The number of rotatable bonds is 0. The lowest BCUT2D eigenvalue weighted by Crippen LogP contribution is -2.39. The second kappa shape index (κ2) is 3.51. The molecule has 1 aliphatic heterocycles. The molecule has 0 amide bonds. The minimum absolute atomic E-state index is 0.0507. The van der Waals surface area contributed by atoms with Crippen molar-refractivity contribution < 1.29 is 14.3 Å². The zero-order valence-corrected chi connectivity index (χ0v) is 11.3. The Labute approximate surface area is 112 Å². The van der Waals surface area contributed by atoms with Crippen molar-refractivity contribution in [2.24, 2.45) is 0 Å². The SMILES string of the molecule is Cc1cc2c(s1)-c1sccc1C1(OCCO1)C2=O. The summed E-state index contributed by atoms with van der Waals surface area (Å²) in [4.78, 5) is 16.0. The van der Waals surface area contributed by atoms with Gasteiger partial charge in [-0.1, -0.05) is 0 Å². The van der Waals surface area contributed by atoms with Crippen LogP contribution in [0.4, 0.5) is 0 Å². The summed E-state index contributed by atoms with van der Waals surface area (Å²) < 4.78 is 11.4. The van der Waals surface area contributed by atoms with Gasteiger partial charge in [0.15, 0.2) is 0 Å². The fraction of sp³-hybridized carbons (Fsp3) is 0.308. The number of fused-ring (bicyclic) bond motifs is 4. The molecule has 0 radical (unpaired) electrons. The summed E-state index contributed by atoms with van der Waals surface area (Å²) in [5, 5.41) is 1.99. The molecule has 0 bridgehead atoms. The summed E-state index contributed by atoms with van der Waals surface area (Å²) in [7, 11) is 0. The molecule has 3 nitrogen and oxygen atoms in total. The third-order valence-corrected chi connectivity index (χ3v) is 5.45. The number of hydrogen-bond acceptors (Lipinski definition) is 5. The lowest BCUT2D eigenvalue weighted by Gasteiger charge is -2.29. The van der Waals surface area contributed by atoms with Crippen molar-refractivity contribution in [1.29, 1.82) is 0 Å². The molecule has 2 aromatic rings. The topological polar surface area (TPSA) is 35.5 Å². The Bertz CT molecular complexity index is 647. The number of ketones is 1. The van der Waals surface area contributed by atoms with Crippen LogP contribution in [-0.2, 0) is 15.3 Å². The number of carbonyl (C=O) groups excluding carboxylic acids is 1. The van der Waals surface area contributed by atoms with Crippen molar-refractivity contribution >= 4 is 28.5 Å². The van der Waals surface area contributed by atoms with Crippen LogP contribution in [0, 0.1) is 6.92 Å². The van der Waals surface area contributed by atoms with Gasteiger partial charge in [-0.2, -0.15) is 0 Å². The Hall–Kier alpha value is -1.01. The minimum Gasteiger partial charge on any atom is -0.337 e. The van der Waals surface area contributed by atoms with E-state index in [1.807, 2.05) is 24.4 Å². The van der Waals surface area contributed by atoms with Crippen LogP contribution in [0.2, 0.25) is 0 Å². The monoisotopic (exact) mass is 278 g/mol. The van der Waals surface area contributed by atoms with Crippen molar-refractivity contribution in [3.05, 3.63) is 33.5 Å². The molecule has 2 aromatic heterocycles. The third kappa shape index (κ3) is 1.17. The molecule has 4 rings (SSSR count). The van der Waals surface area contributed by atoms with Gasteiger partial charge in [-0.25, -0.2) is 0 Å². The Kier molecular flexibility index (Phi) is 2.12. The van der Waals surface area contributed by atoms with Gasteiger partial charge >= 0.3 is 0 Å². The molecular formula is C13H10O3S2. The molecule has 5 heteroatoms. The van der Waals surface area contributed by atoms with E-state index in [1.165, 1.54) is 0 Å². The highest BCUT2D eigenvalue weighted by Crippen LogP contribution is 2.51. The van der Waals surface area contributed by atoms with Gasteiger partial charge in [0.05, 0.1) is 23.0 Å². The van der Waals surface area contributed by atoms with Crippen molar-refractivity contribution in [2.45, 2.75) is 12.7 Å². The zero-order valence-electron chi connectivity index (χ0n) is 9.69. The van der Waals surface area contributed by atoms with Crippen molar-refractivity contribution in [3.8, 4) is 9.75 Å². The maximum Gasteiger partial charge on any atom is 0.262 e. The Morgan fingerprint density at radius 3 is 2.83 bits per heavy atom. The highest BCUT2D eigenvalue weighted by Gasteiger charge is 2.52. The average Bonchev–Trinajstić information content (AvgIpc) is 3.05. The summed E-state index contributed by atoms with van der Waals surface area (Å²) >= 11 is 3.30. The molecule has 1 saturated heterocycles. The highest BCUT2D eigenvalue weighted by molar-refractivity contribution is 7.22. The van der Waals surface area contributed by atoms with Gasteiger partial charge in [-0.05, 0) is 24.4 Å². The number of aryl methyl sites for hydroxylation is 1. The largest absolute Gasteiger partial charge is 0.337 e. The molecule has 18 heavy (non-hydrogen) atoms. The first-order valence-electron chi connectivity index (χ1n) is 5.74. The zero-order chi connectivity index (χ0) is 12.3. The van der Waals surface area contributed by atoms with Crippen LogP contribution in [0.3, 0.4) is 0 Å². The Balaban J connectivity index is 2.05. The van der Waals surface area contributed by atoms with Crippen molar-refractivity contribution in [3.63, 3.8) is 0 Å². The van der Waals surface area contributed by atoms with Gasteiger partial charge in [0.25, 0.3) is 5.79 Å². The summed E-state index contributed by atoms with van der Waals surface area (Å²) in [6.45, 7) is 2.96. The summed E-state index contributed by atoms with van der Waals surface area (Å²) in [5.74, 6) is -1.22. The van der Waals surface area contributed by atoms with Crippen LogP contribution in [0.25, 0.3) is 9.75 Å². The van der Waals surface area contributed by atoms with Crippen LogP contribution in [0.15, 0.2) is 17.5 Å². The van der Waals surface area contributed by atoms with Crippen LogP contribution in [-0.4, -0.2) is 19.0 Å². The predicted molar refractivity (Wildman–Crippen MR) is 70.3 cm³/mol. The lowest BCUT2D eigenvalue weighted by atomic mass is 9.90. The Morgan fingerprint density at radius 2 is 2.06 bits per heavy atom. The van der Waals surface area contributed by atoms with Crippen LogP contribution in [0.5, 0.6) is 0 Å². The Morgan fingerprint density at radius 1 is 1.28 bits per heavy atom. The van der Waals surface area contributed by atoms with E-state index in [9.17, 15) is 4.79 Å². The smallest absolute Gasteiger partial charge is 0.262 e. The van der Waals surface area contributed by atoms with Crippen LogP contribution in [0.1, 0.15) is 20.8 Å².